The highest BCUT2D eigenvalue weighted by Gasteiger charge is 2.56. The predicted molar refractivity (Wildman–Crippen MR) is 102 cm³/mol. The fraction of sp³-hybridized carbons (Fsp3) is 0.905. The Morgan fingerprint density at radius 2 is 1.86 bits per heavy atom. The van der Waals surface area contributed by atoms with Crippen molar-refractivity contribution in [1.29, 1.82) is 0 Å². The van der Waals surface area contributed by atoms with Gasteiger partial charge < -0.3 is 35.0 Å². The molecule has 9 atom stereocenters. The van der Waals surface area contributed by atoms with Gasteiger partial charge in [0.1, 0.15) is 24.4 Å². The van der Waals surface area contributed by atoms with E-state index in [1.165, 1.54) is 5.57 Å². The lowest BCUT2D eigenvalue weighted by molar-refractivity contribution is -0.328. The zero-order valence-electron chi connectivity index (χ0n) is 17.3. The van der Waals surface area contributed by atoms with E-state index in [-0.39, 0.29) is 17.4 Å². The summed E-state index contributed by atoms with van der Waals surface area (Å²) in [6.45, 7) is 7.84. The van der Waals surface area contributed by atoms with E-state index in [2.05, 4.69) is 26.8 Å². The summed E-state index contributed by atoms with van der Waals surface area (Å²) in [6, 6.07) is 0. The molecule has 7 heteroatoms. The monoisotopic (exact) mass is 400 g/mol. The van der Waals surface area contributed by atoms with Gasteiger partial charge in [0.15, 0.2) is 6.29 Å². The van der Waals surface area contributed by atoms with Gasteiger partial charge in [0, 0.05) is 5.41 Å². The van der Waals surface area contributed by atoms with E-state index in [1.807, 2.05) is 6.92 Å². The van der Waals surface area contributed by atoms with E-state index in [1.54, 1.807) is 0 Å². The first-order valence-corrected chi connectivity index (χ1v) is 10.4. The van der Waals surface area contributed by atoms with Crippen LogP contribution in [0, 0.1) is 17.3 Å². The molecule has 2 fully saturated rings. The lowest BCUT2D eigenvalue weighted by atomic mass is 9.54. The molecule has 28 heavy (non-hydrogen) atoms. The van der Waals surface area contributed by atoms with Crippen molar-refractivity contribution in [2.24, 2.45) is 17.3 Å². The van der Waals surface area contributed by atoms with Crippen molar-refractivity contribution in [2.75, 3.05) is 6.61 Å². The van der Waals surface area contributed by atoms with Gasteiger partial charge in [-0.3, -0.25) is 0 Å². The van der Waals surface area contributed by atoms with Crippen LogP contribution in [-0.4, -0.2) is 74.6 Å². The lowest BCUT2D eigenvalue weighted by Gasteiger charge is -2.56. The Labute approximate surface area is 167 Å². The molecule has 0 radical (unpaired) electrons. The number of ether oxygens (including phenoxy) is 2. The maximum atomic E-state index is 11.1. The second-order valence-corrected chi connectivity index (χ2v) is 9.62. The summed E-state index contributed by atoms with van der Waals surface area (Å²) in [5, 5.41) is 50.9. The molecule has 3 aliphatic rings. The van der Waals surface area contributed by atoms with Crippen molar-refractivity contribution in [1.82, 2.24) is 0 Å². The molecular weight excluding hydrogens is 364 g/mol. The average Bonchev–Trinajstić information content (AvgIpc) is 2.64. The minimum Gasteiger partial charge on any atom is -0.394 e. The third-order valence-corrected chi connectivity index (χ3v) is 7.33. The smallest absolute Gasteiger partial charge is 0.186 e. The number of hydrogen-bond acceptors (Lipinski definition) is 7. The Bertz CT molecular complexity index is 587. The summed E-state index contributed by atoms with van der Waals surface area (Å²) in [5.41, 5.74) is 0.188. The Kier molecular flexibility index (Phi) is 6.29. The first kappa shape index (κ1) is 22.2. The Hall–Kier alpha value is -0.540. The number of allylic oxidation sites excluding steroid dienone is 2. The molecule has 1 saturated carbocycles. The van der Waals surface area contributed by atoms with E-state index < -0.39 is 42.9 Å². The molecule has 7 nitrogen and oxygen atoms in total. The Morgan fingerprint density at radius 3 is 2.46 bits per heavy atom. The maximum absolute atomic E-state index is 11.1. The molecule has 1 aliphatic heterocycles. The SMILES string of the molecule is CC(C)C1=CC[C@@]2(C)C(C1)[C@](C)(O)CC[C@@H]2O[C@@H]1O[C@H](CO)[C@@H](O)[C@H](O)[C@H]1O. The molecule has 0 bridgehead atoms. The van der Waals surface area contributed by atoms with E-state index in [4.69, 9.17) is 9.47 Å². The average molecular weight is 401 g/mol. The largest absolute Gasteiger partial charge is 0.394 e. The van der Waals surface area contributed by atoms with Crippen LogP contribution in [0.5, 0.6) is 0 Å². The van der Waals surface area contributed by atoms with Crippen LogP contribution in [0.3, 0.4) is 0 Å². The minimum absolute atomic E-state index is 0.00559. The van der Waals surface area contributed by atoms with Crippen molar-refractivity contribution >= 4 is 0 Å². The number of fused-ring (bicyclic) bond motifs is 1. The van der Waals surface area contributed by atoms with E-state index >= 15 is 0 Å². The molecule has 0 aromatic rings. The van der Waals surface area contributed by atoms with Gasteiger partial charge in [-0.15, -0.1) is 0 Å². The van der Waals surface area contributed by atoms with Crippen LogP contribution in [0.15, 0.2) is 11.6 Å². The topological polar surface area (TPSA) is 120 Å². The van der Waals surface area contributed by atoms with E-state index in [0.717, 1.165) is 12.8 Å². The highest BCUT2D eigenvalue weighted by Crippen LogP contribution is 2.55. The Balaban J connectivity index is 1.82. The van der Waals surface area contributed by atoms with Crippen molar-refractivity contribution in [2.45, 2.75) is 95.8 Å². The number of aliphatic hydroxyl groups is 5. The van der Waals surface area contributed by atoms with E-state index in [9.17, 15) is 25.5 Å². The first-order valence-electron chi connectivity index (χ1n) is 10.4. The molecule has 162 valence electrons. The highest BCUT2D eigenvalue weighted by molar-refractivity contribution is 5.19. The highest BCUT2D eigenvalue weighted by atomic mass is 16.7. The quantitative estimate of drug-likeness (QED) is 0.441. The van der Waals surface area contributed by atoms with Gasteiger partial charge in [0.05, 0.1) is 18.3 Å². The van der Waals surface area contributed by atoms with Crippen molar-refractivity contribution in [3.8, 4) is 0 Å². The summed E-state index contributed by atoms with van der Waals surface area (Å²) < 4.78 is 11.7. The number of hydrogen-bond donors (Lipinski definition) is 5. The van der Waals surface area contributed by atoms with E-state index in [0.29, 0.717) is 18.8 Å². The molecule has 3 rings (SSSR count). The molecule has 1 heterocycles. The zero-order chi connectivity index (χ0) is 20.9. The molecule has 0 amide bonds. The molecule has 1 unspecified atom stereocenters. The van der Waals surface area contributed by atoms with Crippen LogP contribution in [0.1, 0.15) is 53.4 Å². The summed E-state index contributed by atoms with van der Waals surface area (Å²) >= 11 is 0. The normalized spacial score (nSPS) is 49.6. The van der Waals surface area contributed by atoms with Crippen LogP contribution in [-0.2, 0) is 9.47 Å². The third-order valence-electron chi connectivity index (χ3n) is 7.33. The second-order valence-electron chi connectivity index (χ2n) is 9.62. The minimum atomic E-state index is -1.45. The summed E-state index contributed by atoms with van der Waals surface area (Å²) in [6.07, 6.45) is -1.72. The summed E-state index contributed by atoms with van der Waals surface area (Å²) in [4.78, 5) is 0. The number of rotatable bonds is 4. The first-order chi connectivity index (χ1) is 13.0. The fourth-order valence-electron chi connectivity index (χ4n) is 5.30. The molecule has 2 aliphatic carbocycles. The Morgan fingerprint density at radius 1 is 1.18 bits per heavy atom. The van der Waals surface area contributed by atoms with Crippen LogP contribution in [0.25, 0.3) is 0 Å². The van der Waals surface area contributed by atoms with Crippen molar-refractivity contribution in [3.63, 3.8) is 0 Å². The van der Waals surface area contributed by atoms with Gasteiger partial charge in [-0.25, -0.2) is 0 Å². The molecule has 1 saturated heterocycles. The van der Waals surface area contributed by atoms with Crippen LogP contribution in [0.4, 0.5) is 0 Å². The maximum Gasteiger partial charge on any atom is 0.186 e. The van der Waals surface area contributed by atoms with Crippen molar-refractivity contribution in [3.05, 3.63) is 11.6 Å². The van der Waals surface area contributed by atoms with Gasteiger partial charge in [0.2, 0.25) is 0 Å². The van der Waals surface area contributed by atoms with Gasteiger partial charge in [-0.05, 0) is 44.4 Å². The van der Waals surface area contributed by atoms with Crippen LogP contribution < -0.4 is 0 Å². The zero-order valence-corrected chi connectivity index (χ0v) is 17.3. The summed E-state index contributed by atoms with van der Waals surface area (Å²) in [5.74, 6) is 0.429. The molecule has 0 aromatic heterocycles. The lowest BCUT2D eigenvalue weighted by Crippen LogP contribution is -2.62. The molecule has 0 aromatic carbocycles. The van der Waals surface area contributed by atoms with Crippen LogP contribution in [0.2, 0.25) is 0 Å². The van der Waals surface area contributed by atoms with Gasteiger partial charge >= 0.3 is 0 Å². The second kappa shape index (κ2) is 7.95. The van der Waals surface area contributed by atoms with Gasteiger partial charge in [0.25, 0.3) is 0 Å². The van der Waals surface area contributed by atoms with Gasteiger partial charge in [-0.2, -0.15) is 0 Å². The van der Waals surface area contributed by atoms with Gasteiger partial charge in [-0.1, -0.05) is 32.4 Å². The predicted octanol–water partition coefficient (Wildman–Crippen LogP) is 0.715. The number of aliphatic hydroxyl groups excluding tert-OH is 4. The standard InChI is InChI=1S/C21H36O7/c1-11(2)12-5-7-20(3)14(9-12)21(4,26)8-6-15(20)28-19-18(25)17(24)16(23)13(10-22)27-19/h5,11,13-19,22-26H,6-10H2,1-4H3/t13-,14?,15+,16-,17+,18-,19+,20+,21-/m1/s1. The van der Waals surface area contributed by atoms with Crippen LogP contribution >= 0.6 is 0 Å². The molecule has 0 spiro atoms. The fourth-order valence-corrected chi connectivity index (χ4v) is 5.30. The van der Waals surface area contributed by atoms with Crippen molar-refractivity contribution < 1.29 is 35.0 Å². The molecular formula is C21H36O7. The third kappa shape index (κ3) is 3.78. The molecule has 5 N–H and O–H groups in total. The summed E-state index contributed by atoms with van der Waals surface area (Å²) in [7, 11) is 0.